The van der Waals surface area contributed by atoms with Crippen LogP contribution in [0.2, 0.25) is 0 Å². The van der Waals surface area contributed by atoms with Gasteiger partial charge in [0.1, 0.15) is 12.1 Å². The Morgan fingerprint density at radius 2 is 2.03 bits per heavy atom. The highest BCUT2D eigenvalue weighted by atomic mass is 16.5. The number of rotatable bonds is 10. The SMILES string of the molecule is C=C(C/C=C\C)C/C=C1/C[C@@H](C)C(=O)N1CC(=O)N[C@@]1(C(=O)N2CCOCC2)CC1CCN. The van der Waals surface area contributed by atoms with Gasteiger partial charge in [0.2, 0.25) is 17.7 Å². The van der Waals surface area contributed by atoms with Gasteiger partial charge in [0.15, 0.2) is 0 Å². The Balaban J connectivity index is 1.67. The number of nitrogens with one attached hydrogen (secondary N) is 1. The van der Waals surface area contributed by atoms with Crippen molar-refractivity contribution < 1.29 is 19.1 Å². The highest BCUT2D eigenvalue weighted by Crippen LogP contribution is 2.47. The van der Waals surface area contributed by atoms with Gasteiger partial charge in [0.05, 0.1) is 13.2 Å². The molecule has 2 aliphatic heterocycles. The zero-order chi connectivity index (χ0) is 24.0. The third-order valence-electron chi connectivity index (χ3n) is 6.78. The molecule has 2 saturated heterocycles. The van der Waals surface area contributed by atoms with E-state index >= 15 is 0 Å². The number of hydrogen-bond acceptors (Lipinski definition) is 5. The minimum atomic E-state index is -0.910. The Kier molecular flexibility index (Phi) is 8.48. The molecule has 0 aromatic carbocycles. The van der Waals surface area contributed by atoms with Crippen LogP contribution < -0.4 is 11.1 Å². The Labute approximate surface area is 196 Å². The number of nitrogens with two attached hydrogens (primary N) is 1. The summed E-state index contributed by atoms with van der Waals surface area (Å²) < 4.78 is 5.36. The second kappa shape index (κ2) is 11.1. The fraction of sp³-hybridized carbons (Fsp3) is 0.640. The molecule has 0 aromatic rings. The summed E-state index contributed by atoms with van der Waals surface area (Å²) in [7, 11) is 0. The van der Waals surface area contributed by atoms with Crippen LogP contribution in [0.3, 0.4) is 0 Å². The number of likely N-dealkylation sites (tertiary alicyclic amines) is 1. The van der Waals surface area contributed by atoms with E-state index in [-0.39, 0.29) is 36.1 Å². The van der Waals surface area contributed by atoms with Gasteiger partial charge in [-0.05, 0) is 51.5 Å². The van der Waals surface area contributed by atoms with Crippen LogP contribution in [-0.4, -0.2) is 72.5 Å². The molecule has 33 heavy (non-hydrogen) atoms. The maximum absolute atomic E-state index is 13.3. The molecule has 0 spiro atoms. The average molecular weight is 459 g/mol. The highest BCUT2D eigenvalue weighted by Gasteiger charge is 2.61. The first-order chi connectivity index (χ1) is 15.8. The first-order valence-electron chi connectivity index (χ1n) is 12.0. The van der Waals surface area contributed by atoms with Crippen LogP contribution in [0.15, 0.2) is 36.1 Å². The van der Waals surface area contributed by atoms with Gasteiger partial charge >= 0.3 is 0 Å². The summed E-state index contributed by atoms with van der Waals surface area (Å²) in [5.41, 5.74) is 6.74. The molecule has 3 amide bonds. The minimum absolute atomic E-state index is 0.0277. The molecule has 3 aliphatic rings. The number of ether oxygens (including phenoxy) is 1. The van der Waals surface area contributed by atoms with E-state index in [0.717, 1.165) is 17.7 Å². The van der Waals surface area contributed by atoms with Crippen molar-refractivity contribution >= 4 is 17.7 Å². The molecule has 3 fully saturated rings. The van der Waals surface area contributed by atoms with E-state index in [1.807, 2.05) is 32.1 Å². The van der Waals surface area contributed by atoms with Gasteiger partial charge in [-0.25, -0.2) is 0 Å². The van der Waals surface area contributed by atoms with Crippen LogP contribution in [0.25, 0.3) is 0 Å². The average Bonchev–Trinajstić information content (AvgIpc) is 3.43. The topological polar surface area (TPSA) is 105 Å². The van der Waals surface area contributed by atoms with Crippen molar-refractivity contribution in [2.24, 2.45) is 17.6 Å². The van der Waals surface area contributed by atoms with Crippen molar-refractivity contribution in [3.8, 4) is 0 Å². The maximum Gasteiger partial charge on any atom is 0.248 e. The van der Waals surface area contributed by atoms with Crippen molar-refractivity contribution in [1.82, 2.24) is 15.1 Å². The molecule has 182 valence electrons. The van der Waals surface area contributed by atoms with Gasteiger partial charge in [0.25, 0.3) is 0 Å². The third kappa shape index (κ3) is 5.92. The summed E-state index contributed by atoms with van der Waals surface area (Å²) >= 11 is 0. The monoisotopic (exact) mass is 458 g/mol. The normalized spacial score (nSPS) is 28.6. The summed E-state index contributed by atoms with van der Waals surface area (Å²) in [6.45, 7) is 10.4. The zero-order valence-corrected chi connectivity index (χ0v) is 20.0. The number of carbonyl (C=O) groups is 3. The van der Waals surface area contributed by atoms with E-state index in [4.69, 9.17) is 10.5 Å². The van der Waals surface area contributed by atoms with E-state index in [1.165, 1.54) is 0 Å². The molecular weight excluding hydrogens is 420 g/mol. The fourth-order valence-corrected chi connectivity index (χ4v) is 4.75. The lowest BCUT2D eigenvalue weighted by atomic mass is 10.1. The highest BCUT2D eigenvalue weighted by molar-refractivity contribution is 5.96. The first-order valence-corrected chi connectivity index (χ1v) is 12.0. The second-order valence-corrected chi connectivity index (χ2v) is 9.35. The van der Waals surface area contributed by atoms with Crippen molar-refractivity contribution in [3.63, 3.8) is 0 Å². The summed E-state index contributed by atoms with van der Waals surface area (Å²) in [4.78, 5) is 42.5. The smallest absolute Gasteiger partial charge is 0.248 e. The van der Waals surface area contributed by atoms with Crippen LogP contribution in [0.1, 0.15) is 46.0 Å². The number of nitrogens with zero attached hydrogens (tertiary/aromatic N) is 2. The minimum Gasteiger partial charge on any atom is -0.378 e. The summed E-state index contributed by atoms with van der Waals surface area (Å²) in [5, 5.41) is 3.00. The predicted molar refractivity (Wildman–Crippen MR) is 127 cm³/mol. The van der Waals surface area contributed by atoms with Gasteiger partial charge in [-0.3, -0.25) is 14.4 Å². The van der Waals surface area contributed by atoms with Crippen LogP contribution >= 0.6 is 0 Å². The van der Waals surface area contributed by atoms with Crippen molar-refractivity contribution in [2.45, 2.75) is 51.5 Å². The van der Waals surface area contributed by atoms with Gasteiger partial charge in [-0.15, -0.1) is 0 Å². The Morgan fingerprint density at radius 3 is 2.70 bits per heavy atom. The van der Waals surface area contributed by atoms with Crippen molar-refractivity contribution in [1.29, 1.82) is 0 Å². The molecule has 1 unspecified atom stereocenters. The van der Waals surface area contributed by atoms with Gasteiger partial charge in [-0.1, -0.05) is 37.3 Å². The fourth-order valence-electron chi connectivity index (χ4n) is 4.75. The van der Waals surface area contributed by atoms with E-state index in [0.29, 0.717) is 58.5 Å². The molecule has 1 saturated carbocycles. The lowest BCUT2D eigenvalue weighted by molar-refractivity contribution is -0.142. The maximum atomic E-state index is 13.3. The predicted octanol–water partition coefficient (Wildman–Crippen LogP) is 1.73. The Morgan fingerprint density at radius 1 is 1.30 bits per heavy atom. The quantitative estimate of drug-likeness (QED) is 0.485. The van der Waals surface area contributed by atoms with Crippen LogP contribution in [0, 0.1) is 11.8 Å². The second-order valence-electron chi connectivity index (χ2n) is 9.35. The van der Waals surface area contributed by atoms with Crippen LogP contribution in [-0.2, 0) is 19.1 Å². The third-order valence-corrected chi connectivity index (χ3v) is 6.78. The molecule has 1 aliphatic carbocycles. The largest absolute Gasteiger partial charge is 0.378 e. The van der Waals surface area contributed by atoms with E-state index in [2.05, 4.69) is 11.9 Å². The number of morpholine rings is 1. The zero-order valence-electron chi connectivity index (χ0n) is 20.0. The van der Waals surface area contributed by atoms with E-state index in [9.17, 15) is 14.4 Å². The number of allylic oxidation sites excluding steroid dienone is 5. The lowest BCUT2D eigenvalue weighted by Gasteiger charge is -2.32. The lowest BCUT2D eigenvalue weighted by Crippen LogP contribution is -2.56. The summed E-state index contributed by atoms with van der Waals surface area (Å²) in [5.74, 6) is -0.562. The van der Waals surface area contributed by atoms with E-state index < -0.39 is 5.54 Å². The molecule has 3 rings (SSSR count). The molecule has 3 N–H and O–H groups in total. The number of hydrogen-bond donors (Lipinski definition) is 2. The summed E-state index contributed by atoms with van der Waals surface area (Å²) in [6.07, 6.45) is 9.36. The van der Waals surface area contributed by atoms with Gasteiger partial charge in [0, 0.05) is 24.7 Å². The summed E-state index contributed by atoms with van der Waals surface area (Å²) in [6, 6.07) is 0. The van der Waals surface area contributed by atoms with Gasteiger partial charge < -0.3 is 25.6 Å². The van der Waals surface area contributed by atoms with Gasteiger partial charge in [-0.2, -0.15) is 0 Å². The molecule has 0 radical (unpaired) electrons. The van der Waals surface area contributed by atoms with E-state index in [1.54, 1.807) is 9.80 Å². The molecule has 8 nitrogen and oxygen atoms in total. The van der Waals surface area contributed by atoms with Crippen molar-refractivity contribution in [2.75, 3.05) is 39.4 Å². The Bertz CT molecular complexity index is 830. The van der Waals surface area contributed by atoms with Crippen molar-refractivity contribution in [3.05, 3.63) is 36.1 Å². The first kappa shape index (κ1) is 25.2. The number of carbonyl (C=O) groups excluding carboxylic acids is 3. The standard InChI is InChI=1S/C25H38N4O4/c1-4-5-6-18(2)7-8-21-15-19(3)23(31)29(21)17-22(30)27-25(16-20(25)9-10-26)24(32)28-11-13-33-14-12-28/h4-5,8,19-20H,2,6-7,9-17,26H2,1,3H3,(H,27,30)/b5-4-,21-8-/t19-,20?,25+/m1/s1. The molecule has 8 heteroatoms. The molecule has 0 bridgehead atoms. The Hall–Kier alpha value is -2.45. The molecular formula is C25H38N4O4. The van der Waals surface area contributed by atoms with Crippen LogP contribution in [0.5, 0.6) is 0 Å². The molecule has 2 heterocycles. The van der Waals surface area contributed by atoms with Crippen LogP contribution in [0.4, 0.5) is 0 Å². The molecule has 0 aromatic heterocycles. The number of amides is 3. The molecule has 3 atom stereocenters.